The molecule has 3 aromatic rings. The van der Waals surface area contributed by atoms with Crippen molar-refractivity contribution in [1.82, 2.24) is 9.88 Å². The van der Waals surface area contributed by atoms with Gasteiger partial charge in [-0.1, -0.05) is 6.07 Å². The van der Waals surface area contributed by atoms with Crippen molar-refractivity contribution in [2.75, 3.05) is 45.3 Å². The Kier molecular flexibility index (Phi) is 5.59. The van der Waals surface area contributed by atoms with Crippen LogP contribution in [0.15, 0.2) is 40.1 Å². The van der Waals surface area contributed by atoms with Crippen molar-refractivity contribution in [2.45, 2.75) is 0 Å². The monoisotopic (exact) mass is 424 g/mol. The van der Waals surface area contributed by atoms with E-state index >= 15 is 0 Å². The number of carbonyl (C=O) groups excluding carboxylic acids is 1. The fourth-order valence-corrected chi connectivity index (χ4v) is 4.02. The number of rotatable bonds is 5. The number of aromatic nitrogens is 1. The molecule has 0 N–H and O–H groups in total. The van der Waals surface area contributed by atoms with E-state index in [0.717, 1.165) is 4.88 Å². The number of anilines is 1. The summed E-state index contributed by atoms with van der Waals surface area (Å²) in [6.45, 7) is 2.11. The SMILES string of the molecule is COc1ccc(C(=O)N2CCN(c3oc(-c4cccs4)nc3C#N)CC2)cc1OC. The molecule has 1 aromatic carbocycles. The van der Waals surface area contributed by atoms with Crippen LogP contribution in [0.1, 0.15) is 16.1 Å². The molecule has 0 radical (unpaired) electrons. The van der Waals surface area contributed by atoms with E-state index in [9.17, 15) is 10.1 Å². The number of ether oxygens (including phenoxy) is 2. The summed E-state index contributed by atoms with van der Waals surface area (Å²) in [5, 5.41) is 11.4. The number of oxazole rings is 1. The smallest absolute Gasteiger partial charge is 0.254 e. The molecule has 0 bridgehead atoms. The topological polar surface area (TPSA) is 91.8 Å². The van der Waals surface area contributed by atoms with Crippen molar-refractivity contribution in [3.05, 3.63) is 47.0 Å². The number of nitriles is 1. The summed E-state index contributed by atoms with van der Waals surface area (Å²) < 4.78 is 16.4. The molecule has 9 heteroatoms. The van der Waals surface area contributed by atoms with Crippen LogP contribution in [0.3, 0.4) is 0 Å². The van der Waals surface area contributed by atoms with Crippen molar-refractivity contribution < 1.29 is 18.7 Å². The number of piperazine rings is 1. The predicted octanol–water partition coefficient (Wildman–Crippen LogP) is 3.25. The van der Waals surface area contributed by atoms with Crippen LogP contribution in [0.2, 0.25) is 0 Å². The lowest BCUT2D eigenvalue weighted by atomic mass is 10.1. The molecule has 0 atom stereocenters. The lowest BCUT2D eigenvalue weighted by Gasteiger charge is -2.34. The Labute approximate surface area is 177 Å². The Bertz CT molecular complexity index is 1080. The summed E-state index contributed by atoms with van der Waals surface area (Å²) in [5.41, 5.74) is 0.802. The first kappa shape index (κ1) is 19.8. The highest BCUT2D eigenvalue weighted by Gasteiger charge is 2.27. The third-order valence-corrected chi connectivity index (χ3v) is 5.79. The van der Waals surface area contributed by atoms with Gasteiger partial charge in [-0.25, -0.2) is 0 Å². The van der Waals surface area contributed by atoms with E-state index in [1.165, 1.54) is 11.3 Å². The molecule has 8 nitrogen and oxygen atoms in total. The van der Waals surface area contributed by atoms with E-state index in [-0.39, 0.29) is 11.6 Å². The molecule has 154 valence electrons. The second-order valence-corrected chi connectivity index (χ2v) is 7.56. The molecule has 0 aliphatic carbocycles. The third-order valence-electron chi connectivity index (χ3n) is 4.93. The molecule has 3 heterocycles. The third kappa shape index (κ3) is 3.69. The molecule has 1 fully saturated rings. The fourth-order valence-electron chi connectivity index (χ4n) is 3.37. The molecular weight excluding hydrogens is 404 g/mol. The average molecular weight is 424 g/mol. The largest absolute Gasteiger partial charge is 0.493 e. The second kappa shape index (κ2) is 8.47. The lowest BCUT2D eigenvalue weighted by molar-refractivity contribution is 0.0745. The van der Waals surface area contributed by atoms with Gasteiger partial charge in [0, 0.05) is 31.7 Å². The maximum Gasteiger partial charge on any atom is 0.254 e. The Morgan fingerprint density at radius 3 is 2.57 bits per heavy atom. The molecule has 0 saturated carbocycles. The summed E-state index contributed by atoms with van der Waals surface area (Å²) in [4.78, 5) is 21.8. The van der Waals surface area contributed by atoms with Crippen LogP contribution in [0.4, 0.5) is 5.88 Å². The van der Waals surface area contributed by atoms with Gasteiger partial charge in [-0.05, 0) is 29.6 Å². The first-order valence-electron chi connectivity index (χ1n) is 9.35. The zero-order valence-electron chi connectivity index (χ0n) is 16.6. The zero-order chi connectivity index (χ0) is 21.1. The van der Waals surface area contributed by atoms with Crippen molar-refractivity contribution in [2.24, 2.45) is 0 Å². The quantitative estimate of drug-likeness (QED) is 0.621. The van der Waals surface area contributed by atoms with Gasteiger partial charge in [-0.15, -0.1) is 11.3 Å². The Morgan fingerprint density at radius 2 is 1.93 bits per heavy atom. The number of thiophene rings is 1. The maximum atomic E-state index is 12.9. The lowest BCUT2D eigenvalue weighted by Crippen LogP contribution is -2.48. The molecule has 4 rings (SSSR count). The van der Waals surface area contributed by atoms with Crippen molar-refractivity contribution in [3.8, 4) is 28.3 Å². The minimum absolute atomic E-state index is 0.0760. The minimum atomic E-state index is -0.0760. The molecule has 2 aromatic heterocycles. The molecule has 1 amide bonds. The van der Waals surface area contributed by atoms with Gasteiger partial charge >= 0.3 is 0 Å². The molecular formula is C21H20N4O4S. The number of carbonyl (C=O) groups is 1. The average Bonchev–Trinajstić information content (AvgIpc) is 3.48. The van der Waals surface area contributed by atoms with Gasteiger partial charge in [0.25, 0.3) is 5.91 Å². The van der Waals surface area contributed by atoms with Gasteiger partial charge in [0.2, 0.25) is 17.5 Å². The highest BCUT2D eigenvalue weighted by atomic mass is 32.1. The molecule has 30 heavy (non-hydrogen) atoms. The van der Waals surface area contributed by atoms with Crippen LogP contribution < -0.4 is 14.4 Å². The Balaban J connectivity index is 1.47. The molecule has 0 spiro atoms. The number of hydrogen-bond acceptors (Lipinski definition) is 8. The summed E-state index contributed by atoms with van der Waals surface area (Å²) in [7, 11) is 3.10. The maximum absolute atomic E-state index is 12.9. The number of benzene rings is 1. The first-order chi connectivity index (χ1) is 14.6. The van der Waals surface area contributed by atoms with Crippen molar-refractivity contribution in [1.29, 1.82) is 5.26 Å². The minimum Gasteiger partial charge on any atom is -0.493 e. The van der Waals surface area contributed by atoms with E-state index in [0.29, 0.717) is 55.0 Å². The number of hydrogen-bond donors (Lipinski definition) is 0. The van der Waals surface area contributed by atoms with Gasteiger partial charge in [0.05, 0.1) is 19.1 Å². The number of nitrogens with zero attached hydrogens (tertiary/aromatic N) is 4. The van der Waals surface area contributed by atoms with E-state index in [4.69, 9.17) is 13.9 Å². The fraction of sp³-hybridized carbons (Fsp3) is 0.286. The van der Waals surface area contributed by atoms with E-state index < -0.39 is 0 Å². The van der Waals surface area contributed by atoms with Gasteiger partial charge in [0.1, 0.15) is 6.07 Å². The predicted molar refractivity (Wildman–Crippen MR) is 112 cm³/mol. The van der Waals surface area contributed by atoms with Crippen LogP contribution in [0.5, 0.6) is 11.5 Å². The summed E-state index contributed by atoms with van der Waals surface area (Å²) >= 11 is 1.51. The molecule has 1 saturated heterocycles. The van der Waals surface area contributed by atoms with Crippen LogP contribution in [-0.4, -0.2) is 56.2 Å². The van der Waals surface area contributed by atoms with Crippen molar-refractivity contribution in [3.63, 3.8) is 0 Å². The van der Waals surface area contributed by atoms with E-state index in [2.05, 4.69) is 11.1 Å². The Morgan fingerprint density at radius 1 is 1.17 bits per heavy atom. The molecule has 0 unspecified atom stereocenters. The molecule has 1 aliphatic rings. The number of methoxy groups -OCH3 is 2. The molecule has 1 aliphatic heterocycles. The van der Waals surface area contributed by atoms with Gasteiger partial charge in [-0.2, -0.15) is 10.2 Å². The Hall–Kier alpha value is -3.51. The first-order valence-corrected chi connectivity index (χ1v) is 10.2. The van der Waals surface area contributed by atoms with E-state index in [1.807, 2.05) is 22.4 Å². The van der Waals surface area contributed by atoms with Crippen molar-refractivity contribution >= 4 is 23.1 Å². The standard InChI is InChI=1S/C21H20N4O4S/c1-27-16-6-5-14(12-17(16)28-2)20(26)24-7-9-25(10-8-24)21-15(13-22)23-19(29-21)18-4-3-11-30-18/h3-6,11-12H,7-10H2,1-2H3. The normalized spacial score (nSPS) is 13.8. The van der Waals surface area contributed by atoms with Crippen LogP contribution >= 0.6 is 11.3 Å². The van der Waals surface area contributed by atoms with Gasteiger partial charge < -0.3 is 23.7 Å². The summed E-state index contributed by atoms with van der Waals surface area (Å²) in [6.07, 6.45) is 0. The summed E-state index contributed by atoms with van der Waals surface area (Å²) in [5.74, 6) is 1.92. The van der Waals surface area contributed by atoms with Crippen LogP contribution in [-0.2, 0) is 0 Å². The van der Waals surface area contributed by atoms with Crippen LogP contribution in [0.25, 0.3) is 10.8 Å². The van der Waals surface area contributed by atoms with Crippen LogP contribution in [0, 0.1) is 11.3 Å². The second-order valence-electron chi connectivity index (χ2n) is 6.61. The zero-order valence-corrected chi connectivity index (χ0v) is 17.4. The van der Waals surface area contributed by atoms with Gasteiger partial charge in [-0.3, -0.25) is 4.79 Å². The highest BCUT2D eigenvalue weighted by molar-refractivity contribution is 7.13. The number of amides is 1. The van der Waals surface area contributed by atoms with E-state index in [1.54, 1.807) is 37.3 Å². The van der Waals surface area contributed by atoms with Gasteiger partial charge in [0.15, 0.2) is 11.5 Å². The summed E-state index contributed by atoms with van der Waals surface area (Å²) in [6, 6.07) is 11.1. The highest BCUT2D eigenvalue weighted by Crippen LogP contribution is 2.32.